The van der Waals surface area contributed by atoms with Crippen LogP contribution in [0, 0.1) is 12.3 Å². The van der Waals surface area contributed by atoms with Gasteiger partial charge in [0.25, 0.3) is 0 Å². The van der Waals surface area contributed by atoms with Crippen LogP contribution >= 0.6 is 0 Å². The van der Waals surface area contributed by atoms with Gasteiger partial charge in [0.05, 0.1) is 0 Å². The summed E-state index contributed by atoms with van der Waals surface area (Å²) in [5, 5.41) is 10.4. The monoisotopic (exact) mass is 193 g/mol. The Morgan fingerprint density at radius 1 is 1.50 bits per heavy atom. The lowest BCUT2D eigenvalue weighted by Crippen LogP contribution is -2.17. The van der Waals surface area contributed by atoms with Crippen LogP contribution in [-0.2, 0) is 0 Å². The zero-order chi connectivity index (χ0) is 10.7. The largest absolute Gasteiger partial charge is 0.382 e. The van der Waals surface area contributed by atoms with Crippen molar-refractivity contribution in [2.45, 2.75) is 26.8 Å². The second kappa shape index (κ2) is 4.04. The minimum absolute atomic E-state index is 0.0395. The van der Waals surface area contributed by atoms with Crippen LogP contribution < -0.4 is 11.1 Å². The van der Waals surface area contributed by atoms with Crippen LogP contribution in [0.3, 0.4) is 0 Å². The molecule has 1 aromatic rings. The van der Waals surface area contributed by atoms with E-state index in [1.54, 1.807) is 13.0 Å². The zero-order valence-corrected chi connectivity index (χ0v) is 8.63. The molecule has 76 valence electrons. The van der Waals surface area contributed by atoms with Gasteiger partial charge in [-0.05, 0) is 20.8 Å². The van der Waals surface area contributed by atoms with Gasteiger partial charge in [-0.3, -0.25) is 5.41 Å². The molecule has 0 aliphatic rings. The van der Waals surface area contributed by atoms with E-state index in [1.807, 2.05) is 13.8 Å². The first-order valence-electron chi connectivity index (χ1n) is 4.45. The average Bonchev–Trinajstić information content (AvgIpc) is 2.01. The summed E-state index contributed by atoms with van der Waals surface area (Å²) in [6.07, 6.45) is 0. The van der Waals surface area contributed by atoms with E-state index in [4.69, 9.17) is 11.1 Å². The van der Waals surface area contributed by atoms with Crippen LogP contribution in [0.4, 0.5) is 5.82 Å². The number of rotatable bonds is 3. The molecule has 5 heteroatoms. The second-order valence-electron chi connectivity index (χ2n) is 3.40. The molecule has 1 aromatic heterocycles. The third-order valence-electron chi connectivity index (χ3n) is 1.55. The number of anilines is 1. The van der Waals surface area contributed by atoms with Crippen LogP contribution in [0.2, 0.25) is 0 Å². The fourth-order valence-corrected chi connectivity index (χ4v) is 1.08. The molecule has 0 aliphatic carbocycles. The molecule has 5 nitrogen and oxygen atoms in total. The van der Waals surface area contributed by atoms with Crippen LogP contribution in [0.25, 0.3) is 0 Å². The van der Waals surface area contributed by atoms with Crippen molar-refractivity contribution in [3.05, 3.63) is 17.6 Å². The summed E-state index contributed by atoms with van der Waals surface area (Å²) in [5.74, 6) is 1.28. The number of hydrogen-bond acceptors (Lipinski definition) is 4. The molecule has 0 aliphatic heterocycles. The van der Waals surface area contributed by atoms with Gasteiger partial charge in [-0.15, -0.1) is 0 Å². The van der Waals surface area contributed by atoms with Gasteiger partial charge in [-0.25, -0.2) is 9.97 Å². The Hall–Kier alpha value is -1.65. The molecule has 14 heavy (non-hydrogen) atoms. The molecular weight excluding hydrogens is 178 g/mol. The van der Waals surface area contributed by atoms with E-state index < -0.39 is 0 Å². The highest BCUT2D eigenvalue weighted by atomic mass is 15.0. The van der Waals surface area contributed by atoms with Crippen molar-refractivity contribution < 1.29 is 0 Å². The molecule has 0 saturated carbocycles. The first kappa shape index (κ1) is 10.4. The summed E-state index contributed by atoms with van der Waals surface area (Å²) < 4.78 is 0. The molecule has 1 heterocycles. The van der Waals surface area contributed by atoms with Gasteiger partial charge in [-0.2, -0.15) is 0 Å². The van der Waals surface area contributed by atoms with Gasteiger partial charge in [0, 0.05) is 12.1 Å². The molecule has 4 N–H and O–H groups in total. The summed E-state index contributed by atoms with van der Waals surface area (Å²) in [5.41, 5.74) is 5.81. The molecule has 1 rings (SSSR count). The summed E-state index contributed by atoms with van der Waals surface area (Å²) in [4.78, 5) is 8.22. The van der Waals surface area contributed by atoms with Gasteiger partial charge in [0.2, 0.25) is 0 Å². The Labute approximate surface area is 83.3 Å². The van der Waals surface area contributed by atoms with E-state index in [-0.39, 0.29) is 5.84 Å². The number of nitrogens with one attached hydrogen (secondary N) is 2. The van der Waals surface area contributed by atoms with Gasteiger partial charge in [0.1, 0.15) is 23.2 Å². The summed E-state index contributed by atoms with van der Waals surface area (Å²) >= 11 is 0. The topological polar surface area (TPSA) is 87.7 Å². The van der Waals surface area contributed by atoms with Crippen LogP contribution in [0.1, 0.15) is 25.4 Å². The Morgan fingerprint density at radius 2 is 2.14 bits per heavy atom. The van der Waals surface area contributed by atoms with Crippen molar-refractivity contribution in [1.29, 1.82) is 5.41 Å². The molecule has 0 unspecified atom stereocenters. The molecule has 0 radical (unpaired) electrons. The average molecular weight is 193 g/mol. The van der Waals surface area contributed by atoms with E-state index in [0.29, 0.717) is 23.4 Å². The first-order chi connectivity index (χ1) is 6.49. The van der Waals surface area contributed by atoms with Crippen molar-refractivity contribution in [2.75, 3.05) is 5.32 Å². The molecular formula is C9H15N5. The Balaban J connectivity index is 3.01. The SMILES string of the molecule is Cc1nc(NC(C)C)cc(C(=N)N)n1. The smallest absolute Gasteiger partial charge is 0.142 e. The molecule has 0 saturated heterocycles. The number of amidine groups is 1. The fourth-order valence-electron chi connectivity index (χ4n) is 1.08. The lowest BCUT2D eigenvalue weighted by atomic mass is 10.3. The molecule has 0 atom stereocenters. The lowest BCUT2D eigenvalue weighted by molar-refractivity contribution is 0.879. The van der Waals surface area contributed by atoms with Gasteiger partial charge in [-0.1, -0.05) is 0 Å². The molecule has 0 amide bonds. The van der Waals surface area contributed by atoms with Crippen LogP contribution in [0.5, 0.6) is 0 Å². The summed E-state index contributed by atoms with van der Waals surface area (Å²) in [7, 11) is 0. The van der Waals surface area contributed by atoms with Crippen molar-refractivity contribution in [2.24, 2.45) is 5.73 Å². The number of nitrogens with two attached hydrogens (primary N) is 1. The molecule has 0 aromatic carbocycles. The standard InChI is InChI=1S/C9H15N5/c1-5(2)12-8-4-7(9(10)11)13-6(3)14-8/h4-5H,1-3H3,(H3,10,11)(H,12,13,14). The molecule has 0 bridgehead atoms. The molecule has 0 fully saturated rings. The van der Waals surface area contributed by atoms with E-state index >= 15 is 0 Å². The van der Waals surface area contributed by atoms with Crippen molar-refractivity contribution in [1.82, 2.24) is 9.97 Å². The van der Waals surface area contributed by atoms with Crippen molar-refractivity contribution in [3.63, 3.8) is 0 Å². The minimum Gasteiger partial charge on any atom is -0.382 e. The highest BCUT2D eigenvalue weighted by molar-refractivity contribution is 5.93. The minimum atomic E-state index is -0.0395. The van der Waals surface area contributed by atoms with Gasteiger partial charge in [0.15, 0.2) is 0 Å². The summed E-state index contributed by atoms with van der Waals surface area (Å²) in [6, 6.07) is 1.97. The number of nitrogens with zero attached hydrogens (tertiary/aromatic N) is 2. The number of nitrogen functional groups attached to an aromatic ring is 1. The third-order valence-corrected chi connectivity index (χ3v) is 1.55. The van der Waals surface area contributed by atoms with E-state index in [1.165, 1.54) is 0 Å². The summed E-state index contributed by atoms with van der Waals surface area (Å²) in [6.45, 7) is 5.81. The van der Waals surface area contributed by atoms with E-state index in [0.717, 1.165) is 0 Å². The van der Waals surface area contributed by atoms with E-state index in [2.05, 4.69) is 15.3 Å². The Morgan fingerprint density at radius 3 is 2.64 bits per heavy atom. The fraction of sp³-hybridized carbons (Fsp3) is 0.444. The highest BCUT2D eigenvalue weighted by Gasteiger charge is 2.04. The molecule has 0 spiro atoms. The Bertz CT molecular complexity index is 345. The third kappa shape index (κ3) is 2.69. The lowest BCUT2D eigenvalue weighted by Gasteiger charge is -2.10. The van der Waals surface area contributed by atoms with Gasteiger partial charge >= 0.3 is 0 Å². The highest BCUT2D eigenvalue weighted by Crippen LogP contribution is 2.07. The van der Waals surface area contributed by atoms with Crippen molar-refractivity contribution >= 4 is 11.7 Å². The van der Waals surface area contributed by atoms with Crippen molar-refractivity contribution in [3.8, 4) is 0 Å². The first-order valence-corrected chi connectivity index (χ1v) is 4.45. The van der Waals surface area contributed by atoms with Gasteiger partial charge < -0.3 is 11.1 Å². The predicted octanol–water partition coefficient (Wildman–Crippen LogP) is 0.889. The number of aryl methyl sites for hydroxylation is 1. The Kier molecular flexibility index (Phi) is 3.01. The maximum atomic E-state index is 7.27. The predicted molar refractivity (Wildman–Crippen MR) is 56.5 cm³/mol. The second-order valence-corrected chi connectivity index (χ2v) is 3.40. The normalized spacial score (nSPS) is 10.3. The maximum absolute atomic E-state index is 7.27. The van der Waals surface area contributed by atoms with E-state index in [9.17, 15) is 0 Å². The number of aromatic nitrogens is 2. The number of hydrogen-bond donors (Lipinski definition) is 3. The maximum Gasteiger partial charge on any atom is 0.142 e. The quantitative estimate of drug-likeness (QED) is 0.491. The van der Waals surface area contributed by atoms with Crippen LogP contribution in [0.15, 0.2) is 6.07 Å². The van der Waals surface area contributed by atoms with Crippen LogP contribution in [-0.4, -0.2) is 21.8 Å². The zero-order valence-electron chi connectivity index (χ0n) is 8.63.